The Balaban J connectivity index is 0.00000353. The lowest BCUT2D eigenvalue weighted by Gasteiger charge is -2.23. The molecule has 0 aliphatic carbocycles. The van der Waals surface area contributed by atoms with Crippen LogP contribution in [0.2, 0.25) is 0 Å². The molecule has 1 aliphatic rings. The average Bonchev–Trinajstić information content (AvgIpc) is 2.94. The maximum atomic E-state index is 12.8. The number of nitrogens with one attached hydrogen (secondary N) is 3. The zero-order chi connectivity index (χ0) is 26.5. The van der Waals surface area contributed by atoms with Crippen molar-refractivity contribution in [3.63, 3.8) is 0 Å². The number of ether oxygens (including phenoxy) is 1. The molecule has 2 atom stereocenters. The normalized spacial score (nSPS) is 16.0. The third kappa shape index (κ3) is 6.70. The Labute approximate surface area is 231 Å². The zero-order valence-electron chi connectivity index (χ0n) is 21.4. The van der Waals surface area contributed by atoms with Crippen molar-refractivity contribution in [2.45, 2.75) is 38.3 Å². The van der Waals surface area contributed by atoms with Crippen LogP contribution in [-0.2, 0) is 0 Å². The van der Waals surface area contributed by atoms with Crippen LogP contribution in [0.4, 0.5) is 20.4 Å². The lowest BCUT2D eigenvalue weighted by atomic mass is 10.0. The largest absolute Gasteiger partial charge is 0.437 e. The maximum absolute atomic E-state index is 12.8. The van der Waals surface area contributed by atoms with E-state index in [1.807, 2.05) is 49.4 Å². The number of pyridine rings is 1. The van der Waals surface area contributed by atoms with Gasteiger partial charge < -0.3 is 25.8 Å². The minimum absolute atomic E-state index is 0. The van der Waals surface area contributed by atoms with E-state index in [0.29, 0.717) is 34.5 Å². The number of hydrogen-bond acceptors (Lipinski definition) is 8. The van der Waals surface area contributed by atoms with Gasteiger partial charge in [-0.25, -0.2) is 23.7 Å². The molecule has 1 saturated heterocycles. The van der Waals surface area contributed by atoms with E-state index in [2.05, 4.69) is 25.9 Å². The summed E-state index contributed by atoms with van der Waals surface area (Å²) in [7, 11) is 0. The van der Waals surface area contributed by atoms with Gasteiger partial charge in [0.05, 0.1) is 11.3 Å². The summed E-state index contributed by atoms with van der Waals surface area (Å²) < 4.78 is 32.0. The molecule has 206 valence electrons. The predicted molar refractivity (Wildman–Crippen MR) is 151 cm³/mol. The lowest BCUT2D eigenvalue weighted by molar-refractivity contribution is 0.00386. The molecule has 1 fully saturated rings. The molecule has 4 aromatic rings. The molecule has 39 heavy (non-hydrogen) atoms. The van der Waals surface area contributed by atoms with Crippen LogP contribution in [0.3, 0.4) is 0 Å². The fraction of sp³-hybridized carbons (Fsp3) is 0.321. The summed E-state index contributed by atoms with van der Waals surface area (Å²) >= 11 is 0. The third-order valence-electron chi connectivity index (χ3n) is 6.53. The fourth-order valence-electron chi connectivity index (χ4n) is 4.53. The fourth-order valence-corrected chi connectivity index (χ4v) is 4.53. The van der Waals surface area contributed by atoms with Crippen LogP contribution in [0.1, 0.15) is 18.4 Å². The number of benzene rings is 2. The molecule has 11 heteroatoms. The van der Waals surface area contributed by atoms with Crippen molar-refractivity contribution in [3.8, 4) is 22.9 Å². The second-order valence-corrected chi connectivity index (χ2v) is 9.31. The summed E-state index contributed by atoms with van der Waals surface area (Å²) in [5.74, 6) is 1.54. The SMILES string of the molecule is Cc1ccc2c(NCC(O)C(F)F)cccc2c1Oc1ncccc1-c1ccnc(N[C@H]2CCCNC2)n1.Cl. The van der Waals surface area contributed by atoms with Gasteiger partial charge in [0.1, 0.15) is 11.9 Å². The van der Waals surface area contributed by atoms with Crippen molar-refractivity contribution in [2.75, 3.05) is 30.3 Å². The van der Waals surface area contributed by atoms with Gasteiger partial charge in [-0.2, -0.15) is 0 Å². The number of nitrogens with zero attached hydrogens (tertiary/aromatic N) is 3. The molecule has 2 aromatic heterocycles. The summed E-state index contributed by atoms with van der Waals surface area (Å²) in [5, 5.41) is 20.8. The Morgan fingerprint density at radius 3 is 2.74 bits per heavy atom. The number of fused-ring (bicyclic) bond motifs is 1. The second-order valence-electron chi connectivity index (χ2n) is 9.31. The van der Waals surface area contributed by atoms with Gasteiger partial charge in [0.25, 0.3) is 6.43 Å². The van der Waals surface area contributed by atoms with E-state index >= 15 is 0 Å². The van der Waals surface area contributed by atoms with Gasteiger partial charge in [-0.15, -0.1) is 12.4 Å². The van der Waals surface area contributed by atoms with Gasteiger partial charge in [-0.05, 0) is 56.1 Å². The van der Waals surface area contributed by atoms with Gasteiger partial charge in [0, 0.05) is 48.0 Å². The van der Waals surface area contributed by atoms with Crippen molar-refractivity contribution in [2.24, 2.45) is 0 Å². The second kappa shape index (κ2) is 13.0. The summed E-state index contributed by atoms with van der Waals surface area (Å²) in [4.78, 5) is 13.6. The number of hydrogen-bond donors (Lipinski definition) is 4. The predicted octanol–water partition coefficient (Wildman–Crippen LogP) is 5.42. The minimum Gasteiger partial charge on any atom is -0.437 e. The molecule has 8 nitrogen and oxygen atoms in total. The topological polar surface area (TPSA) is 104 Å². The molecular formula is C28H31ClF2N6O2. The Kier molecular flexibility index (Phi) is 9.45. The van der Waals surface area contributed by atoms with Crippen molar-refractivity contribution >= 4 is 34.8 Å². The quantitative estimate of drug-likeness (QED) is 0.217. The Bertz CT molecular complexity index is 1400. The highest BCUT2D eigenvalue weighted by Crippen LogP contribution is 2.38. The zero-order valence-corrected chi connectivity index (χ0v) is 22.2. The highest BCUT2D eigenvalue weighted by Gasteiger charge is 2.19. The van der Waals surface area contributed by atoms with E-state index in [0.717, 1.165) is 42.3 Å². The smallest absolute Gasteiger partial charge is 0.265 e. The number of aliphatic hydroxyl groups excluding tert-OH is 1. The van der Waals surface area contributed by atoms with Crippen LogP contribution < -0.4 is 20.7 Å². The number of piperidine rings is 1. The highest BCUT2D eigenvalue weighted by atomic mass is 35.5. The number of anilines is 2. The molecule has 1 aliphatic heterocycles. The van der Waals surface area contributed by atoms with Crippen LogP contribution in [-0.4, -0.2) is 58.3 Å². The summed E-state index contributed by atoms with van der Waals surface area (Å²) in [5.41, 5.74) is 2.90. The number of rotatable bonds is 9. The standard InChI is InChI=1S/C28H30F2N6O2.ClH/c1-17-9-10-19-20(6-2-8-22(19)34-16-24(37)26(29)30)25(17)38-27-21(7-4-13-32-27)23-11-14-33-28(36-23)35-18-5-3-12-31-15-18;/h2,4,6-11,13-14,18,24,26,31,34,37H,3,5,12,15-16H2,1H3,(H,33,35,36);1H/t18-,24?;/m0./s1. The monoisotopic (exact) mass is 556 g/mol. The van der Waals surface area contributed by atoms with E-state index in [4.69, 9.17) is 9.72 Å². The number of aromatic nitrogens is 3. The van der Waals surface area contributed by atoms with Gasteiger partial charge in [0.2, 0.25) is 11.8 Å². The van der Waals surface area contributed by atoms with Crippen molar-refractivity contribution in [1.29, 1.82) is 0 Å². The Morgan fingerprint density at radius 2 is 1.95 bits per heavy atom. The molecule has 5 rings (SSSR count). The Hall–Kier alpha value is -3.60. The van der Waals surface area contributed by atoms with E-state index in [1.165, 1.54) is 0 Å². The summed E-state index contributed by atoms with van der Waals surface area (Å²) in [6.07, 6.45) is 0.952. The number of alkyl halides is 2. The molecule has 0 amide bonds. The van der Waals surface area contributed by atoms with Crippen molar-refractivity contribution < 1.29 is 18.6 Å². The van der Waals surface area contributed by atoms with E-state index in [9.17, 15) is 13.9 Å². The molecule has 0 bridgehead atoms. The first-order valence-electron chi connectivity index (χ1n) is 12.7. The lowest BCUT2D eigenvalue weighted by Crippen LogP contribution is -2.38. The van der Waals surface area contributed by atoms with E-state index in [-0.39, 0.29) is 25.0 Å². The van der Waals surface area contributed by atoms with Gasteiger partial charge in [-0.1, -0.05) is 24.3 Å². The summed E-state index contributed by atoms with van der Waals surface area (Å²) in [6.45, 7) is 3.56. The molecule has 4 N–H and O–H groups in total. The van der Waals surface area contributed by atoms with Crippen LogP contribution >= 0.6 is 12.4 Å². The third-order valence-corrected chi connectivity index (χ3v) is 6.53. The van der Waals surface area contributed by atoms with Crippen LogP contribution in [0.5, 0.6) is 11.6 Å². The van der Waals surface area contributed by atoms with Crippen LogP contribution in [0, 0.1) is 6.92 Å². The summed E-state index contributed by atoms with van der Waals surface area (Å²) in [6, 6.07) is 15.1. The number of aryl methyl sites for hydroxylation is 1. The average molecular weight is 557 g/mol. The number of halogens is 3. The Morgan fingerprint density at radius 1 is 1.08 bits per heavy atom. The maximum Gasteiger partial charge on any atom is 0.265 e. The minimum atomic E-state index is -2.82. The molecule has 0 radical (unpaired) electrons. The van der Waals surface area contributed by atoms with Gasteiger partial charge in [-0.3, -0.25) is 0 Å². The molecule has 0 spiro atoms. The van der Waals surface area contributed by atoms with Crippen LogP contribution in [0.15, 0.2) is 60.9 Å². The first-order valence-corrected chi connectivity index (χ1v) is 12.7. The van der Waals surface area contributed by atoms with Crippen molar-refractivity contribution in [1.82, 2.24) is 20.3 Å². The highest BCUT2D eigenvalue weighted by molar-refractivity contribution is 5.98. The van der Waals surface area contributed by atoms with Crippen molar-refractivity contribution in [3.05, 3.63) is 66.5 Å². The van der Waals surface area contributed by atoms with Crippen LogP contribution in [0.25, 0.3) is 22.0 Å². The molecular weight excluding hydrogens is 526 g/mol. The van der Waals surface area contributed by atoms with Gasteiger partial charge in [0.15, 0.2) is 0 Å². The molecule has 3 heterocycles. The molecule has 2 aromatic carbocycles. The van der Waals surface area contributed by atoms with E-state index < -0.39 is 12.5 Å². The van der Waals surface area contributed by atoms with E-state index in [1.54, 1.807) is 18.5 Å². The first kappa shape index (κ1) is 28.4. The first-order chi connectivity index (χ1) is 18.5. The molecule has 0 saturated carbocycles. The molecule has 1 unspecified atom stereocenters. The number of aliphatic hydroxyl groups is 1. The van der Waals surface area contributed by atoms with Gasteiger partial charge >= 0.3 is 0 Å².